The third-order valence-electron chi connectivity index (χ3n) is 2.09. The summed E-state index contributed by atoms with van der Waals surface area (Å²) in [7, 11) is 0. The summed E-state index contributed by atoms with van der Waals surface area (Å²) < 4.78 is 5.08. The number of ether oxygens (including phenoxy) is 1. The van der Waals surface area contributed by atoms with Crippen LogP contribution >= 0.6 is 0 Å². The lowest BCUT2D eigenvalue weighted by Crippen LogP contribution is -2.12. The molecule has 0 radical (unpaired) electrons. The molecule has 2 heteroatoms. The van der Waals surface area contributed by atoms with E-state index in [1.807, 2.05) is 18.2 Å². The monoisotopic (exact) mass is 192 g/mol. The predicted octanol–water partition coefficient (Wildman–Crippen LogP) is 2.98. The van der Waals surface area contributed by atoms with Crippen molar-refractivity contribution in [1.29, 1.82) is 0 Å². The fourth-order valence-electron chi connectivity index (χ4n) is 1.08. The van der Waals surface area contributed by atoms with Crippen LogP contribution in [0, 0.1) is 5.41 Å². The van der Waals surface area contributed by atoms with Crippen LogP contribution in [0.2, 0.25) is 0 Å². The highest BCUT2D eigenvalue weighted by Gasteiger charge is 2.17. The zero-order valence-electron chi connectivity index (χ0n) is 8.96. The maximum atomic E-state index is 11.2. The van der Waals surface area contributed by atoms with Crippen LogP contribution < -0.4 is 0 Å². The molecule has 0 saturated heterocycles. The Hall–Kier alpha value is -1.31. The number of carbonyl (C=O) groups is 1. The third-order valence-corrected chi connectivity index (χ3v) is 2.09. The van der Waals surface area contributed by atoms with E-state index in [4.69, 9.17) is 4.74 Å². The third kappa shape index (κ3) is 2.87. The lowest BCUT2D eigenvalue weighted by atomic mass is 9.86. The van der Waals surface area contributed by atoms with Crippen LogP contribution in [0.5, 0.6) is 0 Å². The first-order chi connectivity index (χ1) is 6.41. The zero-order valence-corrected chi connectivity index (χ0v) is 8.96. The Bertz CT molecular complexity index is 319. The van der Waals surface area contributed by atoms with E-state index in [1.54, 1.807) is 6.92 Å². The van der Waals surface area contributed by atoms with E-state index < -0.39 is 0 Å². The molecule has 0 fully saturated rings. The SMILES string of the molecule is C=C(C)C(=O)OC1=CCC(C)(C)C=C1. The van der Waals surface area contributed by atoms with Gasteiger partial charge in [0.15, 0.2) is 0 Å². The average Bonchev–Trinajstić information content (AvgIpc) is 2.08. The van der Waals surface area contributed by atoms with Gasteiger partial charge in [-0.15, -0.1) is 0 Å². The summed E-state index contributed by atoms with van der Waals surface area (Å²) in [6, 6.07) is 0. The minimum Gasteiger partial charge on any atom is -0.424 e. The van der Waals surface area contributed by atoms with Gasteiger partial charge in [0, 0.05) is 5.57 Å². The second kappa shape index (κ2) is 3.82. The van der Waals surface area contributed by atoms with Gasteiger partial charge < -0.3 is 4.74 Å². The molecule has 0 spiro atoms. The molecule has 1 rings (SSSR count). The molecule has 2 nitrogen and oxygen atoms in total. The first-order valence-electron chi connectivity index (χ1n) is 4.68. The van der Waals surface area contributed by atoms with Crippen LogP contribution in [0.3, 0.4) is 0 Å². The van der Waals surface area contributed by atoms with E-state index in [0.29, 0.717) is 11.3 Å². The van der Waals surface area contributed by atoms with Gasteiger partial charge in [0.25, 0.3) is 0 Å². The molecule has 0 saturated carbocycles. The second-order valence-electron chi connectivity index (χ2n) is 4.30. The fourth-order valence-corrected chi connectivity index (χ4v) is 1.08. The average molecular weight is 192 g/mol. The van der Waals surface area contributed by atoms with Crippen LogP contribution in [0.25, 0.3) is 0 Å². The first kappa shape index (κ1) is 10.8. The summed E-state index contributed by atoms with van der Waals surface area (Å²) in [5.74, 6) is 0.262. The van der Waals surface area contributed by atoms with E-state index in [9.17, 15) is 4.79 Å². The minimum atomic E-state index is -0.361. The van der Waals surface area contributed by atoms with Gasteiger partial charge in [0.05, 0.1) is 0 Å². The summed E-state index contributed by atoms with van der Waals surface area (Å²) in [6.07, 6.45) is 6.71. The van der Waals surface area contributed by atoms with E-state index >= 15 is 0 Å². The zero-order chi connectivity index (χ0) is 10.8. The molecule has 0 aliphatic heterocycles. The van der Waals surface area contributed by atoms with Crippen molar-refractivity contribution >= 4 is 5.97 Å². The molecule has 0 unspecified atom stereocenters. The molecule has 1 aliphatic carbocycles. The quantitative estimate of drug-likeness (QED) is 0.496. The van der Waals surface area contributed by atoms with Gasteiger partial charge in [0.1, 0.15) is 5.76 Å². The largest absolute Gasteiger partial charge is 0.424 e. The van der Waals surface area contributed by atoms with Crippen LogP contribution in [0.15, 0.2) is 36.1 Å². The first-order valence-corrected chi connectivity index (χ1v) is 4.68. The molecule has 0 N–H and O–H groups in total. The van der Waals surface area contributed by atoms with Gasteiger partial charge in [-0.05, 0) is 30.9 Å². The molecular formula is C12H16O2. The van der Waals surface area contributed by atoms with E-state index in [2.05, 4.69) is 20.4 Å². The van der Waals surface area contributed by atoms with Crippen LogP contribution in [-0.4, -0.2) is 5.97 Å². The van der Waals surface area contributed by atoms with Crippen molar-refractivity contribution in [2.24, 2.45) is 5.41 Å². The lowest BCUT2D eigenvalue weighted by Gasteiger charge is -2.22. The maximum absolute atomic E-state index is 11.2. The molecule has 76 valence electrons. The number of allylic oxidation sites excluding steroid dienone is 3. The van der Waals surface area contributed by atoms with Gasteiger partial charge in [0.2, 0.25) is 0 Å². The van der Waals surface area contributed by atoms with Gasteiger partial charge >= 0.3 is 5.97 Å². The minimum absolute atomic E-state index is 0.166. The number of rotatable bonds is 2. The predicted molar refractivity (Wildman–Crippen MR) is 56.5 cm³/mol. The van der Waals surface area contributed by atoms with Crippen molar-refractivity contribution in [2.75, 3.05) is 0 Å². The van der Waals surface area contributed by atoms with Crippen LogP contribution in [0.4, 0.5) is 0 Å². The van der Waals surface area contributed by atoms with E-state index in [1.165, 1.54) is 0 Å². The van der Waals surface area contributed by atoms with Crippen molar-refractivity contribution < 1.29 is 9.53 Å². The second-order valence-corrected chi connectivity index (χ2v) is 4.30. The van der Waals surface area contributed by atoms with Crippen LogP contribution in [0.1, 0.15) is 27.2 Å². The number of hydrogen-bond acceptors (Lipinski definition) is 2. The molecule has 0 aromatic heterocycles. The van der Waals surface area contributed by atoms with Gasteiger partial charge in [-0.25, -0.2) is 4.79 Å². The number of carbonyl (C=O) groups excluding carboxylic acids is 1. The summed E-state index contributed by atoms with van der Waals surface area (Å²) in [4.78, 5) is 11.2. The Balaban J connectivity index is 2.59. The van der Waals surface area contributed by atoms with E-state index in [0.717, 1.165) is 6.42 Å². The highest BCUT2D eigenvalue weighted by atomic mass is 16.5. The highest BCUT2D eigenvalue weighted by molar-refractivity contribution is 5.87. The highest BCUT2D eigenvalue weighted by Crippen LogP contribution is 2.28. The van der Waals surface area contributed by atoms with Crippen molar-refractivity contribution in [3.63, 3.8) is 0 Å². The molecule has 0 bridgehead atoms. The Kier molecular flexibility index (Phi) is 2.94. The smallest absolute Gasteiger partial charge is 0.338 e. The van der Waals surface area contributed by atoms with Crippen molar-refractivity contribution in [3.8, 4) is 0 Å². The molecule has 0 atom stereocenters. The van der Waals surface area contributed by atoms with Crippen molar-refractivity contribution in [3.05, 3.63) is 36.1 Å². The standard InChI is InChI=1S/C12H16O2/c1-9(2)11(13)14-10-5-7-12(3,4)8-6-10/h5-7H,1,8H2,2-4H3. The number of esters is 1. The fraction of sp³-hybridized carbons (Fsp3) is 0.417. The molecule has 0 amide bonds. The topological polar surface area (TPSA) is 26.3 Å². The van der Waals surface area contributed by atoms with E-state index in [-0.39, 0.29) is 11.4 Å². The molecule has 0 aromatic rings. The summed E-state index contributed by atoms with van der Waals surface area (Å²) in [5.41, 5.74) is 0.586. The molecule has 0 aromatic carbocycles. The van der Waals surface area contributed by atoms with Gasteiger partial charge in [-0.2, -0.15) is 0 Å². The van der Waals surface area contributed by atoms with Crippen molar-refractivity contribution in [2.45, 2.75) is 27.2 Å². The van der Waals surface area contributed by atoms with Crippen LogP contribution in [-0.2, 0) is 9.53 Å². The molecule has 14 heavy (non-hydrogen) atoms. The molecular weight excluding hydrogens is 176 g/mol. The molecule has 1 aliphatic rings. The maximum Gasteiger partial charge on any atom is 0.338 e. The van der Waals surface area contributed by atoms with Gasteiger partial charge in [-0.1, -0.05) is 26.5 Å². The lowest BCUT2D eigenvalue weighted by molar-refractivity contribution is -0.134. The van der Waals surface area contributed by atoms with Crippen molar-refractivity contribution in [1.82, 2.24) is 0 Å². The summed E-state index contributed by atoms with van der Waals surface area (Å²) in [5, 5.41) is 0. The van der Waals surface area contributed by atoms with Gasteiger partial charge in [-0.3, -0.25) is 0 Å². The Morgan fingerprint density at radius 3 is 2.64 bits per heavy atom. The Labute approximate surface area is 85.0 Å². The Morgan fingerprint density at radius 1 is 1.57 bits per heavy atom. The Morgan fingerprint density at radius 2 is 2.21 bits per heavy atom. The summed E-state index contributed by atoms with van der Waals surface area (Å²) >= 11 is 0. The normalized spacial score (nSPS) is 18.6. The molecule has 0 heterocycles. The summed E-state index contributed by atoms with van der Waals surface area (Å²) in [6.45, 7) is 9.43. The number of hydrogen-bond donors (Lipinski definition) is 0.